The standard InChI is InChI=1S/C22H33N3O4S/c1-14(2)12-20(26)25(21(27)18(24)10-6-7-11-23)19(22(28)29)13-16-8-4-5-9-17(16)15(3)30/h4-5,8-9,14,18-19H,6-7,10-13,23-24H2,1-3H3,(H,28,29). The van der Waals surface area contributed by atoms with Gasteiger partial charge in [-0.3, -0.25) is 14.5 Å². The molecule has 8 heteroatoms. The molecular weight excluding hydrogens is 402 g/mol. The van der Waals surface area contributed by atoms with Gasteiger partial charge in [-0.05, 0) is 43.4 Å². The first-order valence-electron chi connectivity index (χ1n) is 10.2. The van der Waals surface area contributed by atoms with E-state index in [9.17, 15) is 19.5 Å². The van der Waals surface area contributed by atoms with Crippen LogP contribution in [0.3, 0.4) is 0 Å². The molecule has 30 heavy (non-hydrogen) atoms. The van der Waals surface area contributed by atoms with E-state index in [1.807, 2.05) is 19.9 Å². The summed E-state index contributed by atoms with van der Waals surface area (Å²) in [6.07, 6.45) is 1.68. The highest BCUT2D eigenvalue weighted by atomic mass is 32.1. The maximum atomic E-state index is 13.1. The van der Waals surface area contributed by atoms with Gasteiger partial charge in [-0.25, -0.2) is 4.79 Å². The second-order valence-electron chi connectivity index (χ2n) is 7.86. The van der Waals surface area contributed by atoms with Crippen LogP contribution in [0.15, 0.2) is 24.3 Å². The lowest BCUT2D eigenvalue weighted by Gasteiger charge is -2.30. The summed E-state index contributed by atoms with van der Waals surface area (Å²) in [4.78, 5) is 39.6. The van der Waals surface area contributed by atoms with E-state index in [1.54, 1.807) is 25.1 Å². The van der Waals surface area contributed by atoms with E-state index in [0.717, 1.165) is 10.5 Å². The average molecular weight is 436 g/mol. The number of hydrogen-bond donors (Lipinski definition) is 3. The lowest BCUT2D eigenvalue weighted by Crippen LogP contribution is -2.55. The van der Waals surface area contributed by atoms with Gasteiger partial charge in [-0.2, -0.15) is 0 Å². The molecule has 1 rings (SSSR count). The summed E-state index contributed by atoms with van der Waals surface area (Å²) in [7, 11) is 0. The molecule has 0 saturated carbocycles. The summed E-state index contributed by atoms with van der Waals surface area (Å²) in [5.41, 5.74) is 12.9. The van der Waals surface area contributed by atoms with Gasteiger partial charge >= 0.3 is 5.97 Å². The SMILES string of the molecule is CC(=S)c1ccccc1CC(C(=O)O)N(C(=O)CC(C)C)C(=O)C(N)CCCCN. The highest BCUT2D eigenvalue weighted by Gasteiger charge is 2.37. The normalized spacial score (nSPS) is 13.0. The van der Waals surface area contributed by atoms with Crippen molar-refractivity contribution in [1.29, 1.82) is 0 Å². The van der Waals surface area contributed by atoms with Crippen molar-refractivity contribution >= 4 is 34.9 Å². The van der Waals surface area contributed by atoms with E-state index in [2.05, 4.69) is 0 Å². The van der Waals surface area contributed by atoms with Crippen LogP contribution in [0, 0.1) is 5.92 Å². The minimum absolute atomic E-state index is 0.0359. The number of carbonyl (C=O) groups excluding carboxylic acids is 2. The van der Waals surface area contributed by atoms with Crippen LogP contribution in [0.4, 0.5) is 0 Å². The Kier molecular flexibility index (Phi) is 10.8. The van der Waals surface area contributed by atoms with Gasteiger partial charge in [0.2, 0.25) is 11.8 Å². The first-order valence-corrected chi connectivity index (χ1v) is 10.6. The summed E-state index contributed by atoms with van der Waals surface area (Å²) >= 11 is 5.27. The molecule has 0 radical (unpaired) electrons. The molecule has 0 bridgehead atoms. The Labute approximate surface area is 183 Å². The number of carboxylic acid groups (broad SMARTS) is 1. The number of amides is 2. The molecule has 0 spiro atoms. The number of rotatable bonds is 12. The molecule has 2 unspecified atom stereocenters. The maximum Gasteiger partial charge on any atom is 0.327 e. The van der Waals surface area contributed by atoms with E-state index in [-0.39, 0.29) is 18.8 Å². The molecule has 7 nitrogen and oxygen atoms in total. The predicted octanol–water partition coefficient (Wildman–Crippen LogP) is 2.28. The number of nitrogens with two attached hydrogens (primary N) is 2. The van der Waals surface area contributed by atoms with Crippen molar-refractivity contribution < 1.29 is 19.5 Å². The van der Waals surface area contributed by atoms with Crippen molar-refractivity contribution in [2.24, 2.45) is 17.4 Å². The fourth-order valence-corrected chi connectivity index (χ4v) is 3.45. The van der Waals surface area contributed by atoms with Crippen molar-refractivity contribution in [2.75, 3.05) is 6.54 Å². The second kappa shape index (κ2) is 12.5. The molecule has 0 aromatic heterocycles. The molecule has 0 aliphatic rings. The molecule has 1 aromatic carbocycles. The number of carbonyl (C=O) groups is 3. The molecule has 0 fully saturated rings. The Hall–Kier alpha value is -2.16. The van der Waals surface area contributed by atoms with Gasteiger partial charge in [0.25, 0.3) is 0 Å². The highest BCUT2D eigenvalue weighted by molar-refractivity contribution is 7.80. The predicted molar refractivity (Wildman–Crippen MR) is 121 cm³/mol. The summed E-state index contributed by atoms with van der Waals surface area (Å²) in [5, 5.41) is 9.93. The molecule has 0 saturated heterocycles. The number of imide groups is 1. The van der Waals surface area contributed by atoms with Crippen LogP contribution in [0.25, 0.3) is 0 Å². The number of thiocarbonyl (C=S) groups is 1. The number of hydrogen-bond acceptors (Lipinski definition) is 6. The number of unbranched alkanes of at least 4 members (excludes halogenated alkanes) is 1. The van der Waals surface area contributed by atoms with Gasteiger partial charge in [0.05, 0.1) is 6.04 Å². The van der Waals surface area contributed by atoms with Crippen LogP contribution < -0.4 is 11.5 Å². The Morgan fingerprint density at radius 2 is 1.80 bits per heavy atom. The molecule has 0 aliphatic carbocycles. The van der Waals surface area contributed by atoms with E-state index < -0.39 is 29.9 Å². The van der Waals surface area contributed by atoms with Gasteiger partial charge in [0, 0.05) is 17.7 Å². The van der Waals surface area contributed by atoms with Crippen molar-refractivity contribution in [3.05, 3.63) is 35.4 Å². The average Bonchev–Trinajstić information content (AvgIpc) is 2.66. The fourth-order valence-electron chi connectivity index (χ4n) is 3.25. The van der Waals surface area contributed by atoms with Crippen molar-refractivity contribution in [3.63, 3.8) is 0 Å². The topological polar surface area (TPSA) is 127 Å². The molecule has 1 aromatic rings. The van der Waals surface area contributed by atoms with E-state index in [0.29, 0.717) is 36.2 Å². The molecule has 0 heterocycles. The van der Waals surface area contributed by atoms with Crippen LogP contribution in [-0.2, 0) is 20.8 Å². The third-order valence-electron chi connectivity index (χ3n) is 4.78. The number of benzene rings is 1. The first-order chi connectivity index (χ1) is 14.1. The largest absolute Gasteiger partial charge is 0.480 e. The lowest BCUT2D eigenvalue weighted by molar-refractivity contribution is -0.159. The zero-order valence-corrected chi connectivity index (χ0v) is 18.8. The first kappa shape index (κ1) is 25.9. The minimum Gasteiger partial charge on any atom is -0.480 e. The van der Waals surface area contributed by atoms with Crippen LogP contribution in [0.1, 0.15) is 57.6 Å². The monoisotopic (exact) mass is 435 g/mol. The van der Waals surface area contributed by atoms with Crippen LogP contribution in [-0.4, -0.2) is 51.3 Å². The lowest BCUT2D eigenvalue weighted by atomic mass is 9.96. The van der Waals surface area contributed by atoms with Gasteiger partial charge in [0.15, 0.2) is 0 Å². The van der Waals surface area contributed by atoms with E-state index in [4.69, 9.17) is 23.7 Å². The zero-order valence-electron chi connectivity index (χ0n) is 18.0. The molecule has 166 valence electrons. The summed E-state index contributed by atoms with van der Waals surface area (Å²) in [6.45, 7) is 5.90. The van der Waals surface area contributed by atoms with Gasteiger partial charge < -0.3 is 16.6 Å². The molecule has 0 aliphatic heterocycles. The van der Waals surface area contributed by atoms with Crippen LogP contribution in [0.5, 0.6) is 0 Å². The third kappa shape index (κ3) is 7.59. The Bertz CT molecular complexity index is 767. The zero-order chi connectivity index (χ0) is 22.8. The number of carboxylic acids is 1. The second-order valence-corrected chi connectivity index (χ2v) is 8.47. The summed E-state index contributed by atoms with van der Waals surface area (Å²) < 4.78 is 0. The third-order valence-corrected chi connectivity index (χ3v) is 5.00. The Balaban J connectivity index is 3.28. The summed E-state index contributed by atoms with van der Waals surface area (Å²) in [6, 6.07) is 4.83. The van der Waals surface area contributed by atoms with Gasteiger partial charge in [-0.15, -0.1) is 0 Å². The molecule has 2 amide bonds. The van der Waals surface area contributed by atoms with Crippen LogP contribution >= 0.6 is 12.2 Å². The Morgan fingerprint density at radius 1 is 1.17 bits per heavy atom. The van der Waals surface area contributed by atoms with Crippen molar-refractivity contribution in [2.45, 2.75) is 65.0 Å². The smallest absolute Gasteiger partial charge is 0.327 e. The molecule has 5 N–H and O–H groups in total. The quantitative estimate of drug-likeness (QED) is 0.261. The number of nitrogens with zero attached hydrogens (tertiary/aromatic N) is 1. The Morgan fingerprint density at radius 3 is 2.33 bits per heavy atom. The van der Waals surface area contributed by atoms with Gasteiger partial charge in [-0.1, -0.05) is 56.8 Å². The van der Waals surface area contributed by atoms with Crippen molar-refractivity contribution in [1.82, 2.24) is 4.90 Å². The molecule has 2 atom stereocenters. The van der Waals surface area contributed by atoms with Gasteiger partial charge in [0.1, 0.15) is 6.04 Å². The molecular formula is C22H33N3O4S. The van der Waals surface area contributed by atoms with E-state index in [1.165, 1.54) is 0 Å². The maximum absolute atomic E-state index is 13.1. The fraction of sp³-hybridized carbons (Fsp3) is 0.545. The van der Waals surface area contributed by atoms with E-state index >= 15 is 0 Å². The van der Waals surface area contributed by atoms with Crippen LogP contribution in [0.2, 0.25) is 0 Å². The number of aliphatic carboxylic acids is 1. The highest BCUT2D eigenvalue weighted by Crippen LogP contribution is 2.19. The van der Waals surface area contributed by atoms with Crippen molar-refractivity contribution in [3.8, 4) is 0 Å². The minimum atomic E-state index is -1.36. The summed E-state index contributed by atoms with van der Waals surface area (Å²) in [5.74, 6) is -2.49.